The van der Waals surface area contributed by atoms with Gasteiger partial charge in [0.25, 0.3) is 0 Å². The van der Waals surface area contributed by atoms with Gasteiger partial charge in [-0.1, -0.05) is 0 Å². The summed E-state index contributed by atoms with van der Waals surface area (Å²) in [6, 6.07) is 0.984. The number of nitrogens with zero attached hydrogens (tertiary/aromatic N) is 1. The molecule has 3 aliphatic rings. The Bertz CT molecular complexity index is 192. The van der Waals surface area contributed by atoms with Crippen LogP contribution in [0.2, 0.25) is 0 Å². The summed E-state index contributed by atoms with van der Waals surface area (Å²) in [4.78, 5) is 2.76. The van der Waals surface area contributed by atoms with Crippen molar-refractivity contribution in [1.29, 1.82) is 0 Å². The zero-order valence-electron chi connectivity index (χ0n) is 8.39. The average Bonchev–Trinajstić information content (AvgIpc) is 2.91. The van der Waals surface area contributed by atoms with Gasteiger partial charge in [0.15, 0.2) is 0 Å². The molecule has 2 aliphatic heterocycles. The Morgan fingerprint density at radius 2 is 2.15 bits per heavy atom. The maximum Gasteiger partial charge on any atom is 0.00966 e. The van der Waals surface area contributed by atoms with E-state index in [1.807, 2.05) is 0 Å². The van der Waals surface area contributed by atoms with Crippen molar-refractivity contribution in [2.45, 2.75) is 38.1 Å². The van der Waals surface area contributed by atoms with Crippen molar-refractivity contribution < 1.29 is 0 Å². The van der Waals surface area contributed by atoms with Crippen LogP contribution in [0.3, 0.4) is 0 Å². The molecule has 2 nitrogen and oxygen atoms in total. The van der Waals surface area contributed by atoms with Crippen LogP contribution in [0.25, 0.3) is 0 Å². The quantitative estimate of drug-likeness (QED) is 0.653. The summed E-state index contributed by atoms with van der Waals surface area (Å²) in [5, 5.41) is 3.54. The van der Waals surface area contributed by atoms with Gasteiger partial charge < -0.3 is 5.32 Å². The minimum absolute atomic E-state index is 0.681. The molecule has 3 rings (SSSR count). The monoisotopic (exact) mass is 180 g/mol. The lowest BCUT2D eigenvalue weighted by Gasteiger charge is -2.40. The molecule has 0 bridgehead atoms. The van der Waals surface area contributed by atoms with Gasteiger partial charge in [0.2, 0.25) is 0 Å². The summed E-state index contributed by atoms with van der Waals surface area (Å²) in [5.41, 5.74) is 0.681. The van der Waals surface area contributed by atoms with E-state index in [9.17, 15) is 0 Å². The second-order valence-corrected chi connectivity index (χ2v) is 5.23. The Morgan fingerprint density at radius 3 is 2.85 bits per heavy atom. The molecule has 2 heterocycles. The summed E-state index contributed by atoms with van der Waals surface area (Å²) in [5.74, 6) is 0. The molecule has 1 unspecified atom stereocenters. The van der Waals surface area contributed by atoms with E-state index in [-0.39, 0.29) is 0 Å². The fourth-order valence-corrected chi connectivity index (χ4v) is 3.14. The van der Waals surface area contributed by atoms with Crippen LogP contribution in [0.4, 0.5) is 0 Å². The van der Waals surface area contributed by atoms with Crippen LogP contribution in [-0.4, -0.2) is 37.1 Å². The van der Waals surface area contributed by atoms with E-state index < -0.39 is 0 Å². The largest absolute Gasteiger partial charge is 0.316 e. The summed E-state index contributed by atoms with van der Waals surface area (Å²) in [6.07, 6.45) is 7.30. The summed E-state index contributed by atoms with van der Waals surface area (Å²) < 4.78 is 0. The Kier molecular flexibility index (Phi) is 1.88. The molecule has 2 heteroatoms. The third kappa shape index (κ3) is 1.50. The number of nitrogens with one attached hydrogen (secondary N) is 1. The number of rotatable bonds is 1. The summed E-state index contributed by atoms with van der Waals surface area (Å²) in [7, 11) is 0. The Labute approximate surface area is 80.7 Å². The highest BCUT2D eigenvalue weighted by Gasteiger charge is 2.41. The highest BCUT2D eigenvalue weighted by Crippen LogP contribution is 2.39. The van der Waals surface area contributed by atoms with Gasteiger partial charge in [-0.05, 0) is 50.6 Å². The van der Waals surface area contributed by atoms with Gasteiger partial charge in [-0.3, -0.25) is 4.90 Å². The minimum Gasteiger partial charge on any atom is -0.316 e. The second-order valence-electron chi connectivity index (χ2n) is 5.23. The molecule has 1 atom stereocenters. The zero-order valence-corrected chi connectivity index (χ0v) is 8.39. The van der Waals surface area contributed by atoms with Crippen molar-refractivity contribution in [2.24, 2.45) is 5.41 Å². The van der Waals surface area contributed by atoms with Crippen LogP contribution in [0.1, 0.15) is 32.1 Å². The molecule has 0 radical (unpaired) electrons. The second kappa shape index (κ2) is 2.96. The van der Waals surface area contributed by atoms with E-state index in [0.29, 0.717) is 5.41 Å². The van der Waals surface area contributed by atoms with Crippen LogP contribution in [0.5, 0.6) is 0 Å². The average molecular weight is 180 g/mol. The molecule has 3 fully saturated rings. The van der Waals surface area contributed by atoms with Crippen molar-refractivity contribution in [3.63, 3.8) is 0 Å². The molecule has 1 spiro atoms. The van der Waals surface area contributed by atoms with Crippen LogP contribution in [-0.2, 0) is 0 Å². The summed E-state index contributed by atoms with van der Waals surface area (Å²) >= 11 is 0. The first-order chi connectivity index (χ1) is 6.38. The van der Waals surface area contributed by atoms with Gasteiger partial charge in [-0.15, -0.1) is 0 Å². The molecular weight excluding hydrogens is 160 g/mol. The van der Waals surface area contributed by atoms with Gasteiger partial charge in [0, 0.05) is 19.1 Å². The lowest BCUT2D eigenvalue weighted by atomic mass is 9.79. The van der Waals surface area contributed by atoms with Gasteiger partial charge >= 0.3 is 0 Å². The van der Waals surface area contributed by atoms with Crippen molar-refractivity contribution in [3.8, 4) is 0 Å². The third-order valence-corrected chi connectivity index (χ3v) is 4.09. The van der Waals surface area contributed by atoms with Crippen molar-refractivity contribution >= 4 is 0 Å². The zero-order chi connectivity index (χ0) is 8.73. The standard InChI is InChI=1S/C11H20N2/c1-4-11(5-6-12-8-11)9-13(7-1)10-2-3-10/h10,12H,1-9H2. The van der Waals surface area contributed by atoms with Gasteiger partial charge in [0.1, 0.15) is 0 Å². The first-order valence-corrected chi connectivity index (χ1v) is 5.83. The van der Waals surface area contributed by atoms with E-state index in [2.05, 4.69) is 10.2 Å². The van der Waals surface area contributed by atoms with Crippen molar-refractivity contribution in [3.05, 3.63) is 0 Å². The Balaban J connectivity index is 1.68. The van der Waals surface area contributed by atoms with Crippen LogP contribution >= 0.6 is 0 Å². The topological polar surface area (TPSA) is 15.3 Å². The van der Waals surface area contributed by atoms with E-state index in [0.717, 1.165) is 6.04 Å². The molecule has 2 saturated heterocycles. The molecule has 0 aromatic heterocycles. The van der Waals surface area contributed by atoms with Crippen molar-refractivity contribution in [1.82, 2.24) is 10.2 Å². The summed E-state index contributed by atoms with van der Waals surface area (Å²) in [6.45, 7) is 5.33. The lowest BCUT2D eigenvalue weighted by Crippen LogP contribution is -2.45. The fraction of sp³-hybridized carbons (Fsp3) is 1.00. The van der Waals surface area contributed by atoms with Gasteiger partial charge in [0.05, 0.1) is 0 Å². The van der Waals surface area contributed by atoms with Gasteiger partial charge in [-0.2, -0.15) is 0 Å². The van der Waals surface area contributed by atoms with Crippen LogP contribution < -0.4 is 5.32 Å². The highest BCUT2D eigenvalue weighted by molar-refractivity contribution is 4.97. The number of hydrogen-bond acceptors (Lipinski definition) is 2. The third-order valence-electron chi connectivity index (χ3n) is 4.09. The van der Waals surface area contributed by atoms with Gasteiger partial charge in [-0.25, -0.2) is 0 Å². The lowest BCUT2D eigenvalue weighted by molar-refractivity contribution is 0.0973. The van der Waals surface area contributed by atoms with E-state index >= 15 is 0 Å². The molecule has 1 aliphatic carbocycles. The number of piperidine rings is 1. The molecule has 1 saturated carbocycles. The molecule has 0 aromatic carbocycles. The SMILES string of the molecule is C1CN(C2CC2)CC2(C1)CCNC2. The molecule has 0 amide bonds. The predicted octanol–water partition coefficient (Wildman–Crippen LogP) is 1.22. The molecule has 1 N–H and O–H groups in total. The predicted molar refractivity (Wildman–Crippen MR) is 53.7 cm³/mol. The minimum atomic E-state index is 0.681. The first kappa shape index (κ1) is 8.25. The Hall–Kier alpha value is -0.0800. The highest BCUT2D eigenvalue weighted by atomic mass is 15.2. The maximum absolute atomic E-state index is 3.54. The van der Waals surface area contributed by atoms with Crippen LogP contribution in [0, 0.1) is 5.41 Å². The molecular formula is C11H20N2. The number of hydrogen-bond donors (Lipinski definition) is 1. The van der Waals surface area contributed by atoms with E-state index in [1.165, 1.54) is 58.3 Å². The fourth-order valence-electron chi connectivity index (χ4n) is 3.14. The van der Waals surface area contributed by atoms with E-state index in [4.69, 9.17) is 0 Å². The van der Waals surface area contributed by atoms with Crippen LogP contribution in [0.15, 0.2) is 0 Å². The number of likely N-dealkylation sites (tertiary alicyclic amines) is 1. The molecule has 0 aromatic rings. The Morgan fingerprint density at radius 1 is 1.23 bits per heavy atom. The maximum atomic E-state index is 3.54. The smallest absolute Gasteiger partial charge is 0.00966 e. The molecule has 13 heavy (non-hydrogen) atoms. The molecule has 74 valence electrons. The normalized spacial score (nSPS) is 41.5. The van der Waals surface area contributed by atoms with E-state index in [1.54, 1.807) is 0 Å². The first-order valence-electron chi connectivity index (χ1n) is 5.83. The van der Waals surface area contributed by atoms with Crippen molar-refractivity contribution in [2.75, 3.05) is 26.2 Å².